The molecule has 4 aromatic rings. The van der Waals surface area contributed by atoms with E-state index in [1.807, 2.05) is 12.1 Å². The second-order valence-electron chi connectivity index (χ2n) is 6.62. The van der Waals surface area contributed by atoms with E-state index in [-0.39, 0.29) is 11.4 Å². The third kappa shape index (κ3) is 4.04. The van der Waals surface area contributed by atoms with Crippen LogP contribution in [0.25, 0.3) is 22.2 Å². The van der Waals surface area contributed by atoms with Crippen LogP contribution in [0, 0.1) is 5.82 Å². The Morgan fingerprint density at radius 3 is 2.50 bits per heavy atom. The molecule has 4 rings (SSSR count). The van der Waals surface area contributed by atoms with Gasteiger partial charge in [0.2, 0.25) is 0 Å². The highest BCUT2D eigenvalue weighted by Crippen LogP contribution is 2.30. The minimum absolute atomic E-state index is 0.259. The number of rotatable bonds is 5. The molecule has 0 aliphatic rings. The highest BCUT2D eigenvalue weighted by Gasteiger charge is 2.12. The molecule has 0 atom stereocenters. The smallest absolute Gasteiger partial charge is 0.258 e. The number of fused-ring (bicyclic) bond motifs is 1. The van der Waals surface area contributed by atoms with Crippen molar-refractivity contribution in [2.45, 2.75) is 6.42 Å². The van der Waals surface area contributed by atoms with Gasteiger partial charge in [0.05, 0.1) is 30.8 Å². The van der Waals surface area contributed by atoms with Gasteiger partial charge in [-0.2, -0.15) is 0 Å². The van der Waals surface area contributed by atoms with Crippen molar-refractivity contribution in [2.75, 3.05) is 14.2 Å². The Balaban J connectivity index is 1.64. The van der Waals surface area contributed by atoms with Gasteiger partial charge in [0.25, 0.3) is 5.56 Å². The number of hydrogen-bond donors (Lipinski definition) is 1. The fourth-order valence-electron chi connectivity index (χ4n) is 3.19. The summed E-state index contributed by atoms with van der Waals surface area (Å²) >= 11 is 3.29. The van der Waals surface area contributed by atoms with Gasteiger partial charge in [-0.05, 0) is 35.9 Å². The number of nitrogens with zero attached hydrogens (tertiary/aromatic N) is 2. The summed E-state index contributed by atoms with van der Waals surface area (Å²) in [5, 5.41) is 0.418. The fraction of sp³-hybridized carbons (Fsp3) is 0.136. The third-order valence-corrected chi connectivity index (χ3v) is 5.07. The lowest BCUT2D eigenvalue weighted by molar-refractivity contribution is 0.355. The molecular formula is C22H17BrFN3O3. The number of benzene rings is 2. The van der Waals surface area contributed by atoms with E-state index in [4.69, 9.17) is 9.47 Å². The lowest BCUT2D eigenvalue weighted by atomic mass is 10.1. The summed E-state index contributed by atoms with van der Waals surface area (Å²) in [7, 11) is 3.04. The Morgan fingerprint density at radius 1 is 1.07 bits per heavy atom. The van der Waals surface area contributed by atoms with Crippen molar-refractivity contribution in [1.29, 1.82) is 0 Å². The first kappa shape index (κ1) is 20.0. The summed E-state index contributed by atoms with van der Waals surface area (Å²) < 4.78 is 24.8. The maximum atomic E-state index is 13.6. The summed E-state index contributed by atoms with van der Waals surface area (Å²) in [6.07, 6.45) is 2.08. The quantitative estimate of drug-likeness (QED) is 0.465. The SMILES string of the molecule is COc1cc2nc(Cc3ccc(-c4cc(F)cc(Br)c4)nc3)[nH]c(=O)c2cc1OC. The molecule has 2 aromatic heterocycles. The molecule has 0 amide bonds. The Kier molecular flexibility index (Phi) is 5.50. The minimum Gasteiger partial charge on any atom is -0.493 e. The van der Waals surface area contributed by atoms with Gasteiger partial charge in [-0.15, -0.1) is 0 Å². The molecule has 0 saturated carbocycles. The number of nitrogens with one attached hydrogen (secondary N) is 1. The second-order valence-corrected chi connectivity index (χ2v) is 7.54. The number of aromatic amines is 1. The molecule has 152 valence electrons. The molecule has 1 N–H and O–H groups in total. The number of ether oxygens (including phenoxy) is 2. The average molecular weight is 470 g/mol. The Morgan fingerprint density at radius 2 is 1.83 bits per heavy atom. The van der Waals surface area contributed by atoms with Gasteiger partial charge in [-0.1, -0.05) is 22.0 Å². The summed E-state index contributed by atoms with van der Waals surface area (Å²) in [5.74, 6) is 1.13. The molecule has 0 unspecified atom stereocenters. The molecule has 2 aromatic carbocycles. The molecule has 30 heavy (non-hydrogen) atoms. The summed E-state index contributed by atoms with van der Waals surface area (Å²) in [6, 6.07) is 11.6. The van der Waals surface area contributed by atoms with E-state index in [0.717, 1.165) is 5.56 Å². The monoisotopic (exact) mass is 469 g/mol. The lowest BCUT2D eigenvalue weighted by Gasteiger charge is -2.09. The Bertz CT molecular complexity index is 1270. The van der Waals surface area contributed by atoms with Crippen molar-refractivity contribution in [3.8, 4) is 22.8 Å². The number of pyridine rings is 1. The zero-order valence-corrected chi connectivity index (χ0v) is 17.8. The lowest BCUT2D eigenvalue weighted by Crippen LogP contribution is -2.12. The highest BCUT2D eigenvalue weighted by atomic mass is 79.9. The van der Waals surface area contributed by atoms with Crippen molar-refractivity contribution >= 4 is 26.8 Å². The summed E-state index contributed by atoms with van der Waals surface area (Å²) in [5.41, 5.74) is 2.44. The molecule has 0 saturated heterocycles. The summed E-state index contributed by atoms with van der Waals surface area (Å²) in [6.45, 7) is 0. The number of H-pyrrole nitrogens is 1. The van der Waals surface area contributed by atoms with Gasteiger partial charge in [-0.3, -0.25) is 9.78 Å². The van der Waals surface area contributed by atoms with Crippen molar-refractivity contribution in [3.63, 3.8) is 0 Å². The molecule has 0 spiro atoms. The zero-order valence-electron chi connectivity index (χ0n) is 16.2. The van der Waals surface area contributed by atoms with Gasteiger partial charge < -0.3 is 14.5 Å². The van der Waals surface area contributed by atoms with Crippen molar-refractivity contribution in [3.05, 3.63) is 80.7 Å². The molecule has 0 radical (unpaired) electrons. The Hall–Kier alpha value is -3.26. The fourth-order valence-corrected chi connectivity index (χ4v) is 3.66. The topological polar surface area (TPSA) is 77.1 Å². The standard InChI is InChI=1S/C22H17BrFN3O3/c1-29-19-9-16-18(10-20(19)30-2)26-21(27-22(16)28)5-12-3-4-17(25-11-12)13-6-14(23)8-15(24)7-13/h3-4,6-11H,5H2,1-2H3,(H,26,27,28). The van der Waals surface area contributed by atoms with E-state index in [9.17, 15) is 9.18 Å². The van der Waals surface area contributed by atoms with Gasteiger partial charge in [0, 0.05) is 28.7 Å². The zero-order chi connectivity index (χ0) is 21.3. The van der Waals surface area contributed by atoms with Crippen LogP contribution in [-0.2, 0) is 6.42 Å². The second kappa shape index (κ2) is 8.23. The molecule has 0 fully saturated rings. The van der Waals surface area contributed by atoms with E-state index in [1.54, 1.807) is 24.4 Å². The average Bonchev–Trinajstić information content (AvgIpc) is 2.72. The number of halogens is 2. The molecule has 2 heterocycles. The van der Waals surface area contributed by atoms with Crippen LogP contribution in [0.3, 0.4) is 0 Å². The minimum atomic E-state index is -0.338. The van der Waals surface area contributed by atoms with Crippen molar-refractivity contribution in [1.82, 2.24) is 15.0 Å². The van der Waals surface area contributed by atoms with E-state index in [1.165, 1.54) is 26.4 Å². The van der Waals surface area contributed by atoms with Gasteiger partial charge >= 0.3 is 0 Å². The van der Waals surface area contributed by atoms with Crippen LogP contribution >= 0.6 is 15.9 Å². The van der Waals surface area contributed by atoms with Crippen LogP contribution in [0.5, 0.6) is 11.5 Å². The van der Waals surface area contributed by atoms with Crippen molar-refractivity contribution in [2.24, 2.45) is 0 Å². The van der Waals surface area contributed by atoms with Crippen LogP contribution < -0.4 is 15.0 Å². The van der Waals surface area contributed by atoms with Crippen LogP contribution in [-0.4, -0.2) is 29.2 Å². The number of hydrogen-bond acceptors (Lipinski definition) is 5. The molecule has 8 heteroatoms. The summed E-state index contributed by atoms with van der Waals surface area (Å²) in [4.78, 5) is 24.3. The molecule has 6 nitrogen and oxygen atoms in total. The predicted molar refractivity (Wildman–Crippen MR) is 116 cm³/mol. The van der Waals surface area contributed by atoms with Gasteiger partial charge in [0.1, 0.15) is 11.6 Å². The molecule has 0 aliphatic heterocycles. The van der Waals surface area contributed by atoms with Crippen molar-refractivity contribution < 1.29 is 13.9 Å². The van der Waals surface area contributed by atoms with Crippen LogP contribution in [0.2, 0.25) is 0 Å². The van der Waals surface area contributed by atoms with Gasteiger partial charge in [0.15, 0.2) is 11.5 Å². The van der Waals surface area contributed by atoms with Crippen LogP contribution in [0.1, 0.15) is 11.4 Å². The predicted octanol–water partition coefficient (Wildman–Crippen LogP) is 4.49. The van der Waals surface area contributed by atoms with E-state index in [2.05, 4.69) is 30.9 Å². The molecular weight excluding hydrogens is 453 g/mol. The van der Waals surface area contributed by atoms with E-state index < -0.39 is 0 Å². The largest absolute Gasteiger partial charge is 0.493 e. The van der Waals surface area contributed by atoms with E-state index in [0.29, 0.717) is 50.4 Å². The number of methoxy groups -OCH3 is 2. The first-order chi connectivity index (χ1) is 14.5. The normalized spacial score (nSPS) is 10.9. The van der Waals surface area contributed by atoms with Crippen LogP contribution in [0.15, 0.2) is 57.9 Å². The molecule has 0 aliphatic carbocycles. The highest BCUT2D eigenvalue weighted by molar-refractivity contribution is 9.10. The Labute approximate surface area is 179 Å². The number of aromatic nitrogens is 3. The maximum absolute atomic E-state index is 13.6. The first-order valence-electron chi connectivity index (χ1n) is 9.03. The maximum Gasteiger partial charge on any atom is 0.258 e. The van der Waals surface area contributed by atoms with Crippen LogP contribution in [0.4, 0.5) is 4.39 Å². The molecule has 0 bridgehead atoms. The van der Waals surface area contributed by atoms with E-state index >= 15 is 0 Å². The van der Waals surface area contributed by atoms with Gasteiger partial charge in [-0.25, -0.2) is 9.37 Å². The third-order valence-electron chi connectivity index (χ3n) is 4.61. The first-order valence-corrected chi connectivity index (χ1v) is 9.82.